The average Bonchev–Trinajstić information content (AvgIpc) is 2.96. The number of fused-ring (bicyclic) bond motifs is 1. The topological polar surface area (TPSA) is 81.9 Å². The molecule has 0 saturated carbocycles. The van der Waals surface area contributed by atoms with Crippen molar-refractivity contribution < 1.29 is 9.63 Å². The first kappa shape index (κ1) is 15.4. The highest BCUT2D eigenvalue weighted by Crippen LogP contribution is 2.23. The van der Waals surface area contributed by atoms with Gasteiger partial charge in [0.05, 0.1) is 23.9 Å². The molecule has 1 aromatic carbocycles. The zero-order valence-electron chi connectivity index (χ0n) is 12.5. The van der Waals surface area contributed by atoms with Gasteiger partial charge in [0.25, 0.3) is 5.91 Å². The molecule has 0 fully saturated rings. The molecule has 23 heavy (non-hydrogen) atoms. The maximum absolute atomic E-state index is 11.8. The third-order valence-electron chi connectivity index (χ3n) is 3.10. The van der Waals surface area contributed by atoms with E-state index in [0.717, 1.165) is 21.6 Å². The van der Waals surface area contributed by atoms with Crippen molar-refractivity contribution in [3.8, 4) is 0 Å². The Morgan fingerprint density at radius 1 is 1.30 bits per heavy atom. The fourth-order valence-corrected chi connectivity index (χ4v) is 2.74. The number of nitrogens with one attached hydrogen (secondary N) is 1. The number of aromatic nitrogens is 4. The number of nitrogens with zero attached hydrogens (tertiary/aromatic N) is 4. The first-order valence-corrected chi connectivity index (χ1v) is 7.92. The van der Waals surface area contributed by atoms with Crippen molar-refractivity contribution in [3.05, 3.63) is 48.4 Å². The van der Waals surface area contributed by atoms with Crippen LogP contribution in [0.5, 0.6) is 0 Å². The van der Waals surface area contributed by atoms with Gasteiger partial charge in [-0.3, -0.25) is 14.3 Å². The van der Waals surface area contributed by atoms with Crippen molar-refractivity contribution in [3.63, 3.8) is 0 Å². The summed E-state index contributed by atoms with van der Waals surface area (Å²) < 4.78 is 1.67. The third kappa shape index (κ3) is 3.85. The number of carbonyl (C=O) groups excluding carboxylic acids is 1. The molecule has 3 rings (SSSR count). The van der Waals surface area contributed by atoms with Gasteiger partial charge in [-0.15, -0.1) is 0 Å². The van der Waals surface area contributed by atoms with Crippen LogP contribution in [-0.4, -0.2) is 31.4 Å². The number of thioether (sulfide) groups is 1. The predicted octanol–water partition coefficient (Wildman–Crippen LogP) is 1.70. The van der Waals surface area contributed by atoms with Gasteiger partial charge in [0.1, 0.15) is 11.4 Å². The molecule has 1 N–H and O–H groups in total. The quantitative estimate of drug-likeness (QED) is 0.421. The lowest BCUT2D eigenvalue weighted by atomic mass is 10.2. The molecule has 2 heterocycles. The van der Waals surface area contributed by atoms with E-state index in [0.29, 0.717) is 6.61 Å². The number of hydroxylamine groups is 1. The summed E-state index contributed by atoms with van der Waals surface area (Å²) in [6.45, 7) is 0.331. The summed E-state index contributed by atoms with van der Waals surface area (Å²) in [6, 6.07) is 9.64. The predicted molar refractivity (Wildman–Crippen MR) is 86.4 cm³/mol. The van der Waals surface area contributed by atoms with Gasteiger partial charge in [-0.1, -0.05) is 42.1 Å². The van der Waals surface area contributed by atoms with Crippen LogP contribution in [0.15, 0.2) is 47.9 Å². The second-order valence-corrected chi connectivity index (χ2v) is 5.74. The molecule has 118 valence electrons. The van der Waals surface area contributed by atoms with Crippen LogP contribution < -0.4 is 5.48 Å². The van der Waals surface area contributed by atoms with Gasteiger partial charge >= 0.3 is 0 Å². The highest BCUT2D eigenvalue weighted by atomic mass is 32.2. The van der Waals surface area contributed by atoms with Crippen LogP contribution in [0.3, 0.4) is 0 Å². The Bertz CT molecular complexity index is 806. The molecule has 0 aliphatic heterocycles. The van der Waals surface area contributed by atoms with E-state index in [9.17, 15) is 4.79 Å². The fourth-order valence-electron chi connectivity index (χ4n) is 1.99. The van der Waals surface area contributed by atoms with Gasteiger partial charge in [-0.05, 0) is 5.56 Å². The molecule has 2 aromatic heterocycles. The van der Waals surface area contributed by atoms with Gasteiger partial charge in [0.2, 0.25) is 0 Å². The SMILES string of the molecule is Cn1ncc2c(SCC(=O)NOCc3ccccc3)ncnc21. The van der Waals surface area contributed by atoms with E-state index in [1.54, 1.807) is 10.9 Å². The molecule has 8 heteroatoms. The summed E-state index contributed by atoms with van der Waals surface area (Å²) >= 11 is 1.32. The first-order valence-electron chi connectivity index (χ1n) is 6.94. The normalized spacial score (nSPS) is 10.8. The number of aryl methyl sites for hydroxylation is 1. The summed E-state index contributed by atoms with van der Waals surface area (Å²) in [5.74, 6) is -0.0166. The summed E-state index contributed by atoms with van der Waals surface area (Å²) in [5.41, 5.74) is 4.16. The summed E-state index contributed by atoms with van der Waals surface area (Å²) in [5, 5.41) is 5.70. The van der Waals surface area contributed by atoms with Crippen LogP contribution >= 0.6 is 11.8 Å². The number of rotatable bonds is 6. The Kier molecular flexibility index (Phi) is 4.84. The van der Waals surface area contributed by atoms with Crippen molar-refractivity contribution in [2.75, 3.05) is 5.75 Å². The lowest BCUT2D eigenvalue weighted by Gasteiger charge is -2.06. The molecule has 1 amide bonds. The molecule has 0 unspecified atom stereocenters. The second-order valence-electron chi connectivity index (χ2n) is 4.77. The van der Waals surface area contributed by atoms with E-state index in [2.05, 4.69) is 20.5 Å². The molecule has 0 bridgehead atoms. The van der Waals surface area contributed by atoms with E-state index in [-0.39, 0.29) is 11.7 Å². The smallest absolute Gasteiger partial charge is 0.253 e. The minimum Gasteiger partial charge on any atom is -0.272 e. The molecule has 0 radical (unpaired) electrons. The first-order chi connectivity index (χ1) is 11.2. The van der Waals surface area contributed by atoms with E-state index in [4.69, 9.17) is 4.84 Å². The minimum atomic E-state index is -0.221. The maximum atomic E-state index is 11.8. The zero-order chi connectivity index (χ0) is 16.1. The summed E-state index contributed by atoms with van der Waals surface area (Å²) in [7, 11) is 1.81. The number of benzene rings is 1. The summed E-state index contributed by atoms with van der Waals surface area (Å²) in [6.07, 6.45) is 3.16. The van der Waals surface area contributed by atoms with Crippen LogP contribution in [0.4, 0.5) is 0 Å². The van der Waals surface area contributed by atoms with Gasteiger partial charge in [0, 0.05) is 7.05 Å². The Balaban J connectivity index is 1.50. The molecule has 3 aromatic rings. The van der Waals surface area contributed by atoms with E-state index < -0.39 is 0 Å². The van der Waals surface area contributed by atoms with Crippen LogP contribution in [0, 0.1) is 0 Å². The monoisotopic (exact) mass is 329 g/mol. The number of hydrogen-bond acceptors (Lipinski definition) is 6. The number of hydrogen-bond donors (Lipinski definition) is 1. The Morgan fingerprint density at radius 3 is 2.96 bits per heavy atom. The molecule has 0 atom stereocenters. The molecule has 0 aliphatic carbocycles. The highest BCUT2D eigenvalue weighted by molar-refractivity contribution is 8.00. The zero-order valence-corrected chi connectivity index (χ0v) is 13.3. The number of amides is 1. The molecule has 0 spiro atoms. The van der Waals surface area contributed by atoms with Gasteiger partial charge < -0.3 is 0 Å². The lowest BCUT2D eigenvalue weighted by molar-refractivity contribution is -0.131. The Hall–Kier alpha value is -2.45. The third-order valence-corrected chi connectivity index (χ3v) is 4.11. The highest BCUT2D eigenvalue weighted by Gasteiger charge is 2.10. The fraction of sp³-hybridized carbons (Fsp3) is 0.200. The Labute approximate surface area is 137 Å². The maximum Gasteiger partial charge on any atom is 0.253 e. The lowest BCUT2D eigenvalue weighted by Crippen LogP contribution is -2.25. The average molecular weight is 329 g/mol. The van der Waals surface area contributed by atoms with Gasteiger partial charge in [-0.2, -0.15) is 5.10 Å². The van der Waals surface area contributed by atoms with E-state index in [1.807, 2.05) is 37.4 Å². The van der Waals surface area contributed by atoms with Crippen molar-refractivity contribution in [1.82, 2.24) is 25.2 Å². The second kappa shape index (κ2) is 7.21. The standard InChI is InChI=1S/C15H15N5O2S/c1-20-14-12(7-18-20)15(17-10-16-14)23-9-13(21)19-22-8-11-5-3-2-4-6-11/h2-7,10H,8-9H2,1H3,(H,19,21). The summed E-state index contributed by atoms with van der Waals surface area (Å²) in [4.78, 5) is 25.4. The Morgan fingerprint density at radius 2 is 2.13 bits per heavy atom. The van der Waals surface area contributed by atoms with Crippen LogP contribution in [0.2, 0.25) is 0 Å². The minimum absolute atomic E-state index is 0.204. The molecular weight excluding hydrogens is 314 g/mol. The number of carbonyl (C=O) groups is 1. The van der Waals surface area contributed by atoms with E-state index >= 15 is 0 Å². The van der Waals surface area contributed by atoms with Crippen molar-refractivity contribution >= 4 is 28.7 Å². The van der Waals surface area contributed by atoms with Crippen molar-refractivity contribution in [1.29, 1.82) is 0 Å². The largest absolute Gasteiger partial charge is 0.272 e. The van der Waals surface area contributed by atoms with Crippen LogP contribution in [0.1, 0.15) is 5.56 Å². The molecule has 7 nitrogen and oxygen atoms in total. The van der Waals surface area contributed by atoms with Crippen LogP contribution in [-0.2, 0) is 23.3 Å². The van der Waals surface area contributed by atoms with Gasteiger partial charge in [-0.25, -0.2) is 15.4 Å². The molecular formula is C15H15N5O2S. The van der Waals surface area contributed by atoms with E-state index in [1.165, 1.54) is 18.1 Å². The van der Waals surface area contributed by atoms with Gasteiger partial charge in [0.15, 0.2) is 5.65 Å². The molecule has 0 aliphatic rings. The van der Waals surface area contributed by atoms with Crippen molar-refractivity contribution in [2.45, 2.75) is 11.6 Å². The van der Waals surface area contributed by atoms with Crippen LogP contribution in [0.25, 0.3) is 11.0 Å². The van der Waals surface area contributed by atoms with Crippen molar-refractivity contribution in [2.24, 2.45) is 7.05 Å². The molecule has 0 saturated heterocycles.